The lowest BCUT2D eigenvalue weighted by molar-refractivity contribution is 0.601. The number of sulfonamides is 1. The molecular weight excluding hydrogens is 498 g/mol. The smallest absolute Gasteiger partial charge is 0.263 e. The van der Waals surface area contributed by atoms with Gasteiger partial charge in [-0.15, -0.1) is 0 Å². The molecule has 0 aliphatic carbocycles. The number of hydrogen-bond acceptors (Lipinski definition) is 5. The first kappa shape index (κ1) is 23.8. The van der Waals surface area contributed by atoms with Crippen LogP contribution in [-0.4, -0.2) is 23.2 Å². The Bertz CT molecular complexity index is 1680. The maximum Gasteiger partial charge on any atom is 0.263 e. The summed E-state index contributed by atoms with van der Waals surface area (Å²) in [6, 6.07) is 22.6. The lowest BCUT2D eigenvalue weighted by atomic mass is 10.1. The first-order chi connectivity index (χ1) is 17.4. The third kappa shape index (κ3) is 5.03. The topological polar surface area (TPSA) is 109 Å². The summed E-state index contributed by atoms with van der Waals surface area (Å²) in [5.41, 5.74) is 2.56. The molecule has 0 saturated carbocycles. The van der Waals surface area contributed by atoms with Gasteiger partial charge in [0.2, 0.25) is 0 Å². The molecule has 10 heteroatoms. The maximum absolute atomic E-state index is 13.2. The van der Waals surface area contributed by atoms with E-state index >= 15 is 0 Å². The molecule has 3 N–H and O–H groups in total. The van der Waals surface area contributed by atoms with Crippen molar-refractivity contribution in [2.75, 3.05) is 4.72 Å². The predicted octanol–water partition coefficient (Wildman–Crippen LogP) is 4.46. The van der Waals surface area contributed by atoms with Crippen molar-refractivity contribution in [3.8, 4) is 5.69 Å². The SMILES string of the molecule is O=c1c(CNCc2ccc(Cl)cc2)c[nH]c2ccc(S(=O)(=O)Nc3ccnn3-c3ccccc3)cc12. The van der Waals surface area contributed by atoms with E-state index in [9.17, 15) is 13.2 Å². The molecule has 36 heavy (non-hydrogen) atoms. The second-order valence-corrected chi connectivity index (χ2v) is 10.3. The molecule has 0 radical (unpaired) electrons. The summed E-state index contributed by atoms with van der Waals surface area (Å²) < 4.78 is 30.5. The van der Waals surface area contributed by atoms with Gasteiger partial charge in [0.25, 0.3) is 10.0 Å². The van der Waals surface area contributed by atoms with Crippen LogP contribution in [0.3, 0.4) is 0 Å². The number of nitrogens with zero attached hydrogens (tertiary/aromatic N) is 2. The summed E-state index contributed by atoms with van der Waals surface area (Å²) in [5, 5.41) is 8.41. The van der Waals surface area contributed by atoms with E-state index in [2.05, 4.69) is 20.1 Å². The molecule has 2 heterocycles. The van der Waals surface area contributed by atoms with Crippen LogP contribution in [0, 0.1) is 0 Å². The summed E-state index contributed by atoms with van der Waals surface area (Å²) in [4.78, 5) is 16.2. The number of para-hydroxylation sites is 1. The van der Waals surface area contributed by atoms with Crippen molar-refractivity contribution in [3.63, 3.8) is 0 Å². The van der Waals surface area contributed by atoms with Gasteiger partial charge in [-0.2, -0.15) is 5.10 Å². The number of nitrogens with one attached hydrogen (secondary N) is 3. The lowest BCUT2D eigenvalue weighted by Gasteiger charge is -2.11. The van der Waals surface area contributed by atoms with E-state index < -0.39 is 10.0 Å². The van der Waals surface area contributed by atoms with Crippen LogP contribution in [0.15, 0.2) is 101 Å². The molecule has 8 nitrogen and oxygen atoms in total. The summed E-state index contributed by atoms with van der Waals surface area (Å²) in [6.45, 7) is 0.876. The number of H-pyrrole nitrogens is 1. The fraction of sp³-hybridized carbons (Fsp3) is 0.0769. The van der Waals surface area contributed by atoms with E-state index in [1.54, 1.807) is 18.3 Å². The van der Waals surface area contributed by atoms with E-state index in [1.165, 1.54) is 23.0 Å². The second kappa shape index (κ2) is 9.98. The van der Waals surface area contributed by atoms with Gasteiger partial charge in [0, 0.05) is 46.8 Å². The van der Waals surface area contributed by atoms with Crippen molar-refractivity contribution in [1.82, 2.24) is 20.1 Å². The molecule has 3 aromatic carbocycles. The maximum atomic E-state index is 13.2. The minimum absolute atomic E-state index is 0.0208. The van der Waals surface area contributed by atoms with Crippen LogP contribution in [0.25, 0.3) is 16.6 Å². The van der Waals surface area contributed by atoms with E-state index in [0.717, 1.165) is 5.56 Å². The lowest BCUT2D eigenvalue weighted by Crippen LogP contribution is -2.20. The molecule has 182 valence electrons. The molecule has 5 aromatic rings. The fourth-order valence-corrected chi connectivity index (χ4v) is 5.03. The molecule has 2 aromatic heterocycles. The van der Waals surface area contributed by atoms with Crippen LogP contribution in [0.4, 0.5) is 5.82 Å². The number of aromatic amines is 1. The van der Waals surface area contributed by atoms with Crippen molar-refractivity contribution in [2.24, 2.45) is 0 Å². The summed E-state index contributed by atoms with van der Waals surface area (Å²) >= 11 is 5.92. The van der Waals surface area contributed by atoms with Gasteiger partial charge in [-0.25, -0.2) is 13.1 Å². The van der Waals surface area contributed by atoms with Crippen LogP contribution in [0.2, 0.25) is 5.02 Å². The Morgan fingerprint density at radius 3 is 2.50 bits per heavy atom. The standard InChI is InChI=1S/C26H22ClN5O3S/c27-20-8-6-18(7-9-20)15-28-16-19-17-29-24-11-10-22(14-23(24)26(19)33)36(34,35)31-25-12-13-30-32(25)21-4-2-1-3-5-21/h1-14,17,28,31H,15-16H2,(H,29,33). The largest absolute Gasteiger partial charge is 0.361 e. The van der Waals surface area contributed by atoms with Crippen LogP contribution in [0.1, 0.15) is 11.1 Å². The number of aromatic nitrogens is 3. The number of hydrogen-bond donors (Lipinski definition) is 3. The average Bonchev–Trinajstić information content (AvgIpc) is 3.34. The third-order valence-corrected chi connectivity index (χ3v) is 7.28. The Morgan fingerprint density at radius 2 is 1.72 bits per heavy atom. The summed E-state index contributed by atoms with van der Waals surface area (Å²) in [6.07, 6.45) is 3.16. The van der Waals surface area contributed by atoms with Crippen molar-refractivity contribution < 1.29 is 8.42 Å². The zero-order chi connectivity index (χ0) is 25.1. The molecule has 5 rings (SSSR count). The average molecular weight is 520 g/mol. The number of pyridine rings is 1. The van der Waals surface area contributed by atoms with Gasteiger partial charge in [-0.05, 0) is 48.0 Å². The Morgan fingerprint density at radius 1 is 0.944 bits per heavy atom. The highest BCUT2D eigenvalue weighted by molar-refractivity contribution is 7.92. The van der Waals surface area contributed by atoms with E-state index in [1.807, 2.05) is 54.6 Å². The van der Waals surface area contributed by atoms with Crippen molar-refractivity contribution in [2.45, 2.75) is 18.0 Å². The molecule has 0 aliphatic rings. The van der Waals surface area contributed by atoms with Gasteiger partial charge in [-0.1, -0.05) is 41.9 Å². The Balaban J connectivity index is 1.38. The Kier molecular flexibility index (Phi) is 6.60. The molecule has 0 aliphatic heterocycles. The number of rotatable bonds is 8. The molecule has 0 unspecified atom stereocenters. The zero-order valence-electron chi connectivity index (χ0n) is 19.0. The quantitative estimate of drug-likeness (QED) is 0.280. The number of anilines is 1. The Labute approximate surface area is 212 Å². The highest BCUT2D eigenvalue weighted by atomic mass is 35.5. The minimum Gasteiger partial charge on any atom is -0.361 e. The van der Waals surface area contributed by atoms with Crippen LogP contribution >= 0.6 is 11.6 Å². The number of fused-ring (bicyclic) bond motifs is 1. The van der Waals surface area contributed by atoms with Gasteiger partial charge in [0.15, 0.2) is 5.43 Å². The first-order valence-electron chi connectivity index (χ1n) is 11.1. The highest BCUT2D eigenvalue weighted by Gasteiger charge is 2.19. The summed E-state index contributed by atoms with van der Waals surface area (Å²) in [7, 11) is -3.98. The van der Waals surface area contributed by atoms with Gasteiger partial charge in [0.1, 0.15) is 5.82 Å². The molecule has 0 bridgehead atoms. The normalized spacial score (nSPS) is 11.6. The van der Waals surface area contributed by atoms with Gasteiger partial charge in [0.05, 0.1) is 16.8 Å². The molecule has 0 spiro atoms. The van der Waals surface area contributed by atoms with E-state index in [0.29, 0.717) is 40.3 Å². The molecule has 0 atom stereocenters. The minimum atomic E-state index is -3.98. The molecule has 0 saturated heterocycles. The Hall–Kier alpha value is -3.92. The van der Waals surface area contributed by atoms with E-state index in [4.69, 9.17) is 11.6 Å². The van der Waals surface area contributed by atoms with Gasteiger partial charge >= 0.3 is 0 Å². The van der Waals surface area contributed by atoms with Crippen molar-refractivity contribution >= 4 is 38.3 Å². The highest BCUT2D eigenvalue weighted by Crippen LogP contribution is 2.21. The molecule has 0 fully saturated rings. The molecule has 0 amide bonds. The van der Waals surface area contributed by atoms with Crippen LogP contribution < -0.4 is 15.5 Å². The van der Waals surface area contributed by atoms with Gasteiger partial charge in [-0.3, -0.25) is 9.52 Å². The number of benzene rings is 3. The fourth-order valence-electron chi connectivity index (χ4n) is 3.83. The van der Waals surface area contributed by atoms with Crippen LogP contribution in [-0.2, 0) is 23.1 Å². The molecular formula is C26H22ClN5O3S. The van der Waals surface area contributed by atoms with Gasteiger partial charge < -0.3 is 10.3 Å². The third-order valence-electron chi connectivity index (χ3n) is 5.68. The zero-order valence-corrected chi connectivity index (χ0v) is 20.6. The predicted molar refractivity (Wildman–Crippen MR) is 141 cm³/mol. The second-order valence-electron chi connectivity index (χ2n) is 8.15. The first-order valence-corrected chi connectivity index (χ1v) is 13.0. The van der Waals surface area contributed by atoms with Crippen LogP contribution in [0.5, 0.6) is 0 Å². The van der Waals surface area contributed by atoms with Crippen molar-refractivity contribution in [3.05, 3.63) is 118 Å². The summed E-state index contributed by atoms with van der Waals surface area (Å²) in [5.74, 6) is 0.287. The van der Waals surface area contributed by atoms with E-state index in [-0.39, 0.29) is 16.1 Å². The number of halogens is 1. The monoisotopic (exact) mass is 519 g/mol. The van der Waals surface area contributed by atoms with Crippen molar-refractivity contribution in [1.29, 1.82) is 0 Å².